The number of hydrogen-bond acceptors (Lipinski definition) is 6. The zero-order valence-electron chi connectivity index (χ0n) is 20.2. The largest absolute Gasteiger partial charge is 0.461 e. The number of benzene rings is 2. The van der Waals surface area contributed by atoms with Crippen molar-refractivity contribution in [1.29, 1.82) is 0 Å². The highest BCUT2D eigenvalue weighted by molar-refractivity contribution is 6.30. The van der Waals surface area contributed by atoms with E-state index in [0.717, 1.165) is 53.1 Å². The van der Waals surface area contributed by atoms with Gasteiger partial charge in [-0.2, -0.15) is 0 Å². The first-order valence-corrected chi connectivity index (χ1v) is 12.6. The van der Waals surface area contributed by atoms with E-state index in [1.54, 1.807) is 4.90 Å². The van der Waals surface area contributed by atoms with Crippen molar-refractivity contribution in [2.75, 3.05) is 44.7 Å². The molecule has 1 fully saturated rings. The van der Waals surface area contributed by atoms with Crippen molar-refractivity contribution in [1.82, 2.24) is 9.80 Å². The fourth-order valence-electron chi connectivity index (χ4n) is 4.76. The normalized spacial score (nSPS) is 19.3. The van der Waals surface area contributed by atoms with Crippen LogP contribution in [0.1, 0.15) is 23.8 Å². The average Bonchev–Trinajstić information content (AvgIpc) is 3.20. The Labute approximate surface area is 210 Å². The van der Waals surface area contributed by atoms with Crippen LogP contribution in [0.3, 0.4) is 0 Å². The number of furan rings is 1. The molecule has 3 aromatic rings. The summed E-state index contributed by atoms with van der Waals surface area (Å²) in [5, 5.41) is 5.16. The number of ether oxygens (including phenoxy) is 1. The fraction of sp³-hybridized carbons (Fsp3) is 0.407. The van der Waals surface area contributed by atoms with Crippen LogP contribution in [0.5, 0.6) is 0 Å². The van der Waals surface area contributed by atoms with Crippen molar-refractivity contribution in [3.63, 3.8) is 0 Å². The Morgan fingerprint density at radius 3 is 2.66 bits per heavy atom. The Bertz CT molecular complexity index is 1230. The molecule has 1 atom stereocenters. The molecular weight excluding hydrogens is 464 g/mol. The van der Waals surface area contributed by atoms with E-state index in [-0.39, 0.29) is 11.8 Å². The summed E-state index contributed by atoms with van der Waals surface area (Å²) in [6, 6.07) is 13.6. The van der Waals surface area contributed by atoms with Gasteiger partial charge in [0.1, 0.15) is 11.3 Å². The Morgan fingerprint density at radius 1 is 1.14 bits per heavy atom. The Morgan fingerprint density at radius 2 is 1.91 bits per heavy atom. The lowest BCUT2D eigenvalue weighted by molar-refractivity contribution is -0.133. The Hall–Kier alpha value is -2.87. The van der Waals surface area contributed by atoms with Gasteiger partial charge in [-0.3, -0.25) is 19.6 Å². The van der Waals surface area contributed by atoms with Crippen LogP contribution in [0, 0.1) is 12.8 Å². The molecule has 3 heterocycles. The minimum Gasteiger partial charge on any atom is -0.461 e. The highest BCUT2D eigenvalue weighted by atomic mass is 35.5. The maximum absolute atomic E-state index is 13.7. The molecule has 0 saturated carbocycles. The molecule has 5 rings (SSSR count). The molecule has 0 aliphatic carbocycles. The summed E-state index contributed by atoms with van der Waals surface area (Å²) in [4.78, 5) is 22.6. The number of nitrogens with zero attached hydrogens (tertiary/aromatic N) is 3. The first kappa shape index (κ1) is 23.9. The molecule has 0 spiro atoms. The molecule has 1 N–H and O–H groups in total. The average molecular weight is 495 g/mol. The van der Waals surface area contributed by atoms with E-state index in [1.165, 1.54) is 0 Å². The van der Waals surface area contributed by atoms with Crippen LogP contribution in [0.4, 0.5) is 5.69 Å². The van der Waals surface area contributed by atoms with Crippen molar-refractivity contribution in [3.05, 3.63) is 64.4 Å². The van der Waals surface area contributed by atoms with Gasteiger partial charge in [0.15, 0.2) is 0 Å². The van der Waals surface area contributed by atoms with Crippen molar-refractivity contribution in [3.8, 4) is 0 Å². The van der Waals surface area contributed by atoms with Crippen LogP contribution in [0.15, 0.2) is 51.9 Å². The number of carbonyl (C=O) groups excluding carboxylic acids is 1. The number of nitrogens with one attached hydrogen (secondary N) is 1. The Kier molecular flexibility index (Phi) is 7.09. The number of amides is 1. The van der Waals surface area contributed by atoms with Gasteiger partial charge >= 0.3 is 0 Å². The van der Waals surface area contributed by atoms with Crippen LogP contribution >= 0.6 is 11.6 Å². The van der Waals surface area contributed by atoms with Gasteiger partial charge in [0.2, 0.25) is 11.9 Å². The second kappa shape index (κ2) is 10.4. The third-order valence-corrected chi connectivity index (χ3v) is 7.03. The number of halogens is 1. The second-order valence-electron chi connectivity index (χ2n) is 9.16. The third kappa shape index (κ3) is 5.22. The maximum atomic E-state index is 13.7. The molecule has 2 aliphatic heterocycles. The van der Waals surface area contributed by atoms with Crippen LogP contribution in [0.2, 0.25) is 5.02 Å². The molecule has 2 aromatic carbocycles. The third-order valence-electron chi connectivity index (χ3n) is 6.78. The molecule has 1 saturated heterocycles. The smallest absolute Gasteiger partial charge is 0.235 e. The van der Waals surface area contributed by atoms with Crippen molar-refractivity contribution in [2.45, 2.75) is 26.8 Å². The van der Waals surface area contributed by atoms with Gasteiger partial charge in [-0.05, 0) is 48.4 Å². The minimum atomic E-state index is -0.184. The number of fused-ring (bicyclic) bond motifs is 1. The number of carbonyl (C=O) groups is 1. The predicted octanol–water partition coefficient (Wildman–Crippen LogP) is 4.72. The number of guanidine groups is 1. The monoisotopic (exact) mass is 494 g/mol. The van der Waals surface area contributed by atoms with Crippen LogP contribution in [-0.4, -0.2) is 61.1 Å². The first-order chi connectivity index (χ1) is 17.0. The Balaban J connectivity index is 1.41. The van der Waals surface area contributed by atoms with E-state index in [1.807, 2.05) is 36.4 Å². The fourth-order valence-corrected chi connectivity index (χ4v) is 4.89. The van der Waals surface area contributed by atoms with Gasteiger partial charge in [0, 0.05) is 42.2 Å². The summed E-state index contributed by atoms with van der Waals surface area (Å²) in [7, 11) is 0. The number of morpholine rings is 1. The summed E-state index contributed by atoms with van der Waals surface area (Å²) in [5.41, 5.74) is 3.90. The standard InChI is InChI=1S/C27H31ClN4O3/c1-3-24-18(2)23-14-22(8-9-25(23)35-24)30-27-29-15-20(17-31-10-12-34-13-11-31)26(33)32(27)16-19-4-6-21(28)7-5-19/h4-9,14,20H,3,10-13,15-17H2,1-2H3,(H,29,30). The van der Waals surface area contributed by atoms with E-state index in [0.29, 0.717) is 43.8 Å². The summed E-state index contributed by atoms with van der Waals surface area (Å²) in [5.74, 6) is 1.46. The molecule has 0 bridgehead atoms. The quantitative estimate of drug-likeness (QED) is 0.537. The topological polar surface area (TPSA) is 70.3 Å². The highest BCUT2D eigenvalue weighted by Gasteiger charge is 2.33. The summed E-state index contributed by atoms with van der Waals surface area (Å²) >= 11 is 6.08. The molecule has 1 amide bonds. The summed E-state index contributed by atoms with van der Waals surface area (Å²) in [6.07, 6.45) is 0.851. The zero-order valence-corrected chi connectivity index (χ0v) is 21.0. The van der Waals surface area contributed by atoms with E-state index >= 15 is 0 Å². The van der Waals surface area contributed by atoms with Gasteiger partial charge in [-0.25, -0.2) is 0 Å². The van der Waals surface area contributed by atoms with E-state index in [9.17, 15) is 4.79 Å². The van der Waals surface area contributed by atoms with Gasteiger partial charge in [-0.15, -0.1) is 0 Å². The van der Waals surface area contributed by atoms with E-state index in [4.69, 9.17) is 25.7 Å². The molecular formula is C27H31ClN4O3. The summed E-state index contributed by atoms with van der Waals surface area (Å²) < 4.78 is 11.4. The maximum Gasteiger partial charge on any atom is 0.235 e. The molecule has 2 aliphatic rings. The first-order valence-electron chi connectivity index (χ1n) is 12.2. The highest BCUT2D eigenvalue weighted by Crippen LogP contribution is 2.29. The van der Waals surface area contributed by atoms with E-state index in [2.05, 4.69) is 30.1 Å². The lowest BCUT2D eigenvalue weighted by Gasteiger charge is -2.35. The molecule has 8 heteroatoms. The van der Waals surface area contributed by atoms with Gasteiger partial charge in [0.05, 0.1) is 32.2 Å². The van der Waals surface area contributed by atoms with Gasteiger partial charge in [0.25, 0.3) is 0 Å². The minimum absolute atomic E-state index is 0.0813. The molecule has 1 unspecified atom stereocenters. The number of aryl methyl sites for hydroxylation is 2. The van der Waals surface area contributed by atoms with Gasteiger partial charge in [-0.1, -0.05) is 30.7 Å². The lowest BCUT2D eigenvalue weighted by atomic mass is 10.0. The van der Waals surface area contributed by atoms with Crippen molar-refractivity contribution >= 4 is 40.1 Å². The molecule has 1 aromatic heterocycles. The second-order valence-corrected chi connectivity index (χ2v) is 9.60. The lowest BCUT2D eigenvalue weighted by Crippen LogP contribution is -2.52. The summed E-state index contributed by atoms with van der Waals surface area (Å²) in [6.45, 7) is 8.86. The van der Waals surface area contributed by atoms with Crippen LogP contribution in [-0.2, 0) is 22.5 Å². The van der Waals surface area contributed by atoms with Crippen molar-refractivity contribution in [2.24, 2.45) is 10.9 Å². The van der Waals surface area contributed by atoms with Gasteiger partial charge < -0.3 is 14.5 Å². The SMILES string of the molecule is CCc1oc2ccc(NC3=NCC(CN4CCOCC4)C(=O)N3Cc3ccc(Cl)cc3)cc2c1C. The number of anilines is 1. The van der Waals surface area contributed by atoms with Crippen LogP contribution < -0.4 is 5.32 Å². The van der Waals surface area contributed by atoms with Crippen molar-refractivity contribution < 1.29 is 13.9 Å². The number of rotatable bonds is 6. The predicted molar refractivity (Wildman–Crippen MR) is 139 cm³/mol. The number of aliphatic imine (C=N–C) groups is 1. The van der Waals surface area contributed by atoms with Crippen LogP contribution in [0.25, 0.3) is 11.0 Å². The molecule has 0 radical (unpaired) electrons. The molecule has 7 nitrogen and oxygen atoms in total. The molecule has 184 valence electrons. The number of hydrogen-bond donors (Lipinski definition) is 1. The molecule has 35 heavy (non-hydrogen) atoms. The van der Waals surface area contributed by atoms with E-state index < -0.39 is 0 Å². The zero-order chi connectivity index (χ0) is 24.4.